The van der Waals surface area contributed by atoms with Gasteiger partial charge in [0.15, 0.2) is 0 Å². The van der Waals surface area contributed by atoms with Crippen LogP contribution in [-0.4, -0.2) is 49.0 Å². The van der Waals surface area contributed by atoms with Crippen LogP contribution in [0.2, 0.25) is 5.02 Å². The van der Waals surface area contributed by atoms with Gasteiger partial charge in [-0.15, -0.1) is 0 Å². The zero-order chi connectivity index (χ0) is 21.7. The maximum Gasteiger partial charge on any atom is 0.329 e. The van der Waals surface area contributed by atoms with Crippen molar-refractivity contribution in [3.05, 3.63) is 46.2 Å². The van der Waals surface area contributed by atoms with Crippen LogP contribution in [0.4, 0.5) is 0 Å². The van der Waals surface area contributed by atoms with Gasteiger partial charge in [-0.1, -0.05) is 11.6 Å². The Morgan fingerprint density at radius 2 is 2.13 bits per heavy atom. The van der Waals surface area contributed by atoms with Crippen molar-refractivity contribution < 1.29 is 19.1 Å². The summed E-state index contributed by atoms with van der Waals surface area (Å²) in [5, 5.41) is 6.99. The number of halogens is 1. The van der Waals surface area contributed by atoms with Crippen molar-refractivity contribution in [2.75, 3.05) is 20.3 Å². The Balaban J connectivity index is 1.63. The number of carbonyl (C=O) groups excluding carboxylic acids is 2. The summed E-state index contributed by atoms with van der Waals surface area (Å²) in [4.78, 5) is 23.8. The third-order valence-corrected chi connectivity index (χ3v) is 5.25. The van der Waals surface area contributed by atoms with E-state index in [1.807, 2.05) is 36.6 Å². The number of hydrogen-bond donors (Lipinski definition) is 2. The number of ether oxygens (including phenoxy) is 2. The summed E-state index contributed by atoms with van der Waals surface area (Å²) in [7, 11) is 1.57. The van der Waals surface area contributed by atoms with E-state index in [1.165, 1.54) is 6.21 Å². The molecule has 8 nitrogen and oxygen atoms in total. The Hall–Kier alpha value is -2.84. The fourth-order valence-electron chi connectivity index (χ4n) is 3.41. The molecule has 1 saturated heterocycles. The molecule has 1 fully saturated rings. The number of carbonyl (C=O) groups is 2. The molecular weight excluding hydrogens is 408 g/mol. The van der Waals surface area contributed by atoms with Gasteiger partial charge in [-0.3, -0.25) is 9.59 Å². The Bertz CT molecular complexity index is 964. The average molecular weight is 433 g/mol. The van der Waals surface area contributed by atoms with Gasteiger partial charge >= 0.3 is 11.8 Å². The second-order valence-corrected chi connectivity index (χ2v) is 7.43. The minimum atomic E-state index is -0.819. The van der Waals surface area contributed by atoms with Crippen LogP contribution < -0.4 is 15.5 Å². The lowest BCUT2D eigenvalue weighted by Crippen LogP contribution is -2.41. The van der Waals surface area contributed by atoms with Crippen LogP contribution in [0.25, 0.3) is 5.69 Å². The van der Waals surface area contributed by atoms with E-state index in [-0.39, 0.29) is 6.10 Å². The summed E-state index contributed by atoms with van der Waals surface area (Å²) in [6.07, 6.45) is 3.34. The lowest BCUT2D eigenvalue weighted by Gasteiger charge is -2.11. The molecule has 2 heterocycles. The van der Waals surface area contributed by atoms with E-state index in [0.717, 1.165) is 35.5 Å². The fourth-order valence-corrected chi connectivity index (χ4v) is 3.67. The predicted octanol–water partition coefficient (Wildman–Crippen LogP) is 2.50. The van der Waals surface area contributed by atoms with Crippen LogP contribution in [0.1, 0.15) is 29.8 Å². The number of aromatic nitrogens is 1. The molecule has 1 atom stereocenters. The minimum Gasteiger partial charge on any atom is -0.495 e. The molecule has 2 aromatic rings. The van der Waals surface area contributed by atoms with Gasteiger partial charge in [0.2, 0.25) is 0 Å². The molecule has 0 aliphatic carbocycles. The maximum atomic E-state index is 11.9. The van der Waals surface area contributed by atoms with Crippen molar-refractivity contribution in [1.29, 1.82) is 0 Å². The highest BCUT2D eigenvalue weighted by molar-refractivity contribution is 6.35. The number of hydrogen-bond acceptors (Lipinski definition) is 5. The highest BCUT2D eigenvalue weighted by Gasteiger charge is 2.19. The van der Waals surface area contributed by atoms with Gasteiger partial charge in [0.1, 0.15) is 5.75 Å². The van der Waals surface area contributed by atoms with E-state index in [2.05, 4.69) is 15.8 Å². The molecule has 30 heavy (non-hydrogen) atoms. The van der Waals surface area contributed by atoms with Crippen LogP contribution in [-0.2, 0) is 14.3 Å². The van der Waals surface area contributed by atoms with Gasteiger partial charge < -0.3 is 19.4 Å². The molecule has 0 saturated carbocycles. The number of methoxy groups -OCH3 is 1. The topological polar surface area (TPSA) is 94.0 Å². The normalized spacial score (nSPS) is 16.1. The largest absolute Gasteiger partial charge is 0.495 e. The van der Waals surface area contributed by atoms with E-state index in [1.54, 1.807) is 13.2 Å². The first-order chi connectivity index (χ1) is 14.4. The molecule has 160 valence electrons. The summed E-state index contributed by atoms with van der Waals surface area (Å²) in [6, 6.07) is 7.47. The molecule has 1 aromatic heterocycles. The summed E-state index contributed by atoms with van der Waals surface area (Å²) >= 11 is 6.25. The molecular formula is C21H25ClN4O4. The minimum absolute atomic E-state index is 0.0258. The van der Waals surface area contributed by atoms with Gasteiger partial charge in [-0.25, -0.2) is 5.43 Å². The summed E-state index contributed by atoms with van der Waals surface area (Å²) in [6.45, 7) is 4.90. The van der Waals surface area contributed by atoms with E-state index in [0.29, 0.717) is 23.9 Å². The van der Waals surface area contributed by atoms with Crippen molar-refractivity contribution >= 4 is 29.6 Å². The fraction of sp³-hybridized carbons (Fsp3) is 0.381. The SMILES string of the molecule is COc1ccc(-n2c(C)cc(/C=N\NC(=O)C(=O)NC[C@@H]3CCCO3)c2C)cc1Cl. The van der Waals surface area contributed by atoms with Crippen LogP contribution in [0.15, 0.2) is 29.4 Å². The van der Waals surface area contributed by atoms with E-state index in [9.17, 15) is 9.59 Å². The van der Waals surface area contributed by atoms with Crippen LogP contribution in [0.5, 0.6) is 5.75 Å². The van der Waals surface area contributed by atoms with Crippen molar-refractivity contribution in [2.24, 2.45) is 5.10 Å². The second kappa shape index (κ2) is 9.77. The highest BCUT2D eigenvalue weighted by Crippen LogP contribution is 2.28. The van der Waals surface area contributed by atoms with Gasteiger partial charge in [0.05, 0.1) is 24.5 Å². The van der Waals surface area contributed by atoms with Gasteiger partial charge in [-0.2, -0.15) is 5.10 Å². The molecule has 9 heteroatoms. The zero-order valence-electron chi connectivity index (χ0n) is 17.2. The first-order valence-corrected chi connectivity index (χ1v) is 10.0. The van der Waals surface area contributed by atoms with Crippen molar-refractivity contribution in [1.82, 2.24) is 15.3 Å². The van der Waals surface area contributed by atoms with Crippen LogP contribution in [0.3, 0.4) is 0 Å². The van der Waals surface area contributed by atoms with Crippen LogP contribution in [0, 0.1) is 13.8 Å². The summed E-state index contributed by atoms with van der Waals surface area (Å²) in [5.74, 6) is -0.953. The molecule has 2 amide bonds. The quantitative estimate of drug-likeness (QED) is 0.416. The monoisotopic (exact) mass is 432 g/mol. The Kier molecular flexibility index (Phi) is 7.12. The molecule has 1 aliphatic rings. The van der Waals surface area contributed by atoms with E-state index in [4.69, 9.17) is 21.1 Å². The van der Waals surface area contributed by atoms with Crippen molar-refractivity contribution in [3.63, 3.8) is 0 Å². The highest BCUT2D eigenvalue weighted by atomic mass is 35.5. The van der Waals surface area contributed by atoms with Crippen molar-refractivity contribution in [2.45, 2.75) is 32.8 Å². The zero-order valence-corrected chi connectivity index (χ0v) is 18.0. The number of nitrogens with zero attached hydrogens (tertiary/aromatic N) is 2. The average Bonchev–Trinajstić information content (AvgIpc) is 3.34. The van der Waals surface area contributed by atoms with E-state index >= 15 is 0 Å². The summed E-state index contributed by atoms with van der Waals surface area (Å²) < 4.78 is 12.6. The standard InChI is InChI=1S/C21H25ClN4O4/c1-13-9-15(14(2)26(13)16-6-7-19(29-3)18(22)10-16)11-24-25-21(28)20(27)23-12-17-5-4-8-30-17/h6-7,9-11,17H,4-5,8,12H2,1-3H3,(H,23,27)(H,25,28)/b24-11-/t17-/m0/s1. The number of rotatable bonds is 6. The molecule has 1 aromatic carbocycles. The van der Waals surface area contributed by atoms with E-state index < -0.39 is 11.8 Å². The summed E-state index contributed by atoms with van der Waals surface area (Å²) in [5.41, 5.74) is 5.82. The number of nitrogens with one attached hydrogen (secondary N) is 2. The van der Waals surface area contributed by atoms with Gasteiger partial charge in [-0.05, 0) is 51.0 Å². The molecule has 0 radical (unpaired) electrons. The number of hydrazone groups is 1. The number of aryl methyl sites for hydroxylation is 1. The smallest absolute Gasteiger partial charge is 0.329 e. The Labute approximate surface area is 180 Å². The molecule has 0 bridgehead atoms. The lowest BCUT2D eigenvalue weighted by atomic mass is 10.2. The molecule has 2 N–H and O–H groups in total. The Morgan fingerprint density at radius 1 is 1.33 bits per heavy atom. The molecule has 0 spiro atoms. The first kappa shape index (κ1) is 21.9. The number of amides is 2. The first-order valence-electron chi connectivity index (χ1n) is 9.66. The lowest BCUT2D eigenvalue weighted by molar-refractivity contribution is -0.139. The molecule has 0 unspecified atom stereocenters. The third-order valence-electron chi connectivity index (χ3n) is 4.95. The third kappa shape index (κ3) is 5.01. The van der Waals surface area contributed by atoms with Crippen molar-refractivity contribution in [3.8, 4) is 11.4 Å². The molecule has 1 aliphatic heterocycles. The van der Waals surface area contributed by atoms with Crippen LogP contribution >= 0.6 is 11.6 Å². The molecule has 3 rings (SSSR count). The second-order valence-electron chi connectivity index (χ2n) is 7.02. The van der Waals surface area contributed by atoms with Gasteiger partial charge in [0.25, 0.3) is 0 Å². The predicted molar refractivity (Wildman–Crippen MR) is 115 cm³/mol. The number of benzene rings is 1. The van der Waals surface area contributed by atoms with Gasteiger partial charge in [0, 0.05) is 35.8 Å². The maximum absolute atomic E-state index is 11.9. The Morgan fingerprint density at radius 3 is 2.80 bits per heavy atom.